The van der Waals surface area contributed by atoms with Crippen LogP contribution in [-0.4, -0.2) is 78.4 Å². The summed E-state index contributed by atoms with van der Waals surface area (Å²) in [6, 6.07) is -0.0251. The normalized spacial score (nSPS) is 46.1. The fraction of sp³-hybridized carbons (Fsp3) is 0.925. The third-order valence-corrected chi connectivity index (χ3v) is 23.7. The molecule has 11 heteroatoms. The number of piperidine rings is 1. The Balaban J connectivity index is 0.903. The Morgan fingerprint density at radius 3 is 1.91 bits per heavy atom. The molecule has 64 heavy (non-hydrogen) atoms. The number of carbonyl (C=O) groups excluding carboxylic acids is 3. The van der Waals surface area contributed by atoms with Crippen LogP contribution in [0.25, 0.3) is 0 Å². The number of carbonyl (C=O) groups is 4. The molecule has 9 fully saturated rings. The lowest BCUT2D eigenvalue weighted by molar-refractivity contribution is -0.252. The number of rotatable bonds is 9. The van der Waals surface area contributed by atoms with Crippen LogP contribution in [0.4, 0.5) is 0 Å². The Labute approximate surface area is 385 Å². The first kappa shape index (κ1) is 47.1. The number of ether oxygens (including phenoxy) is 1. The van der Waals surface area contributed by atoms with E-state index in [4.69, 9.17) is 9.26 Å². The highest BCUT2D eigenvalue weighted by molar-refractivity contribution is 7.57. The number of aliphatic carboxylic acids is 1. The van der Waals surface area contributed by atoms with Crippen molar-refractivity contribution in [3.8, 4) is 0 Å². The van der Waals surface area contributed by atoms with Crippen molar-refractivity contribution >= 4 is 31.1 Å². The van der Waals surface area contributed by atoms with E-state index in [0.29, 0.717) is 73.8 Å². The molecule has 10 nitrogen and oxygen atoms in total. The SMILES string of the molecule is CC1([C@@H]2CC[C@]3(C(=O)N[C@@H]4C[C@H](C(=O)N5CCC(OP(C)(C)=O)CC5)C4(C)C)CC[C@]4(C)[C@H](CC[C@@H]5[C@@]6(C)CC[C@H](OC(=O)[C@H]7C[C@@H](C(=O)O)C7(C)C)C(C)(C)[C@@H]6CC[C@]54C)[C@@H]23)CC1. The molecule has 0 radical (unpaired) electrons. The maximum atomic E-state index is 15.3. The van der Waals surface area contributed by atoms with Crippen LogP contribution in [-0.2, 0) is 33.0 Å². The van der Waals surface area contributed by atoms with Crippen molar-refractivity contribution in [1.82, 2.24) is 10.2 Å². The maximum absolute atomic E-state index is 15.3. The largest absolute Gasteiger partial charge is 0.481 e. The lowest BCUT2D eigenvalue weighted by Crippen LogP contribution is -2.69. The highest BCUT2D eigenvalue weighted by Crippen LogP contribution is 2.79. The van der Waals surface area contributed by atoms with E-state index in [1.807, 2.05) is 18.7 Å². The number of likely N-dealkylation sites (tertiary alicyclic amines) is 1. The Hall–Kier alpha value is -1.93. The van der Waals surface area contributed by atoms with Crippen LogP contribution in [0.1, 0.15) is 172 Å². The molecule has 0 aromatic heterocycles. The molecule has 0 aromatic rings. The topological polar surface area (TPSA) is 139 Å². The first-order valence-electron chi connectivity index (χ1n) is 25.8. The van der Waals surface area contributed by atoms with Crippen LogP contribution in [0.5, 0.6) is 0 Å². The summed E-state index contributed by atoms with van der Waals surface area (Å²) < 4.78 is 24.6. The van der Waals surface area contributed by atoms with Crippen molar-refractivity contribution in [2.45, 2.75) is 190 Å². The predicted molar refractivity (Wildman–Crippen MR) is 248 cm³/mol. The molecule has 2 N–H and O–H groups in total. The van der Waals surface area contributed by atoms with Crippen molar-refractivity contribution in [3.63, 3.8) is 0 Å². The van der Waals surface area contributed by atoms with Crippen molar-refractivity contribution in [1.29, 1.82) is 0 Å². The summed E-state index contributed by atoms with van der Waals surface area (Å²) in [6.07, 6.45) is 15.5. The third-order valence-electron chi connectivity index (χ3n) is 22.9. The minimum Gasteiger partial charge on any atom is -0.481 e. The van der Waals surface area contributed by atoms with Gasteiger partial charge >= 0.3 is 11.9 Å². The highest BCUT2D eigenvalue weighted by Gasteiger charge is 2.74. The van der Waals surface area contributed by atoms with E-state index in [-0.39, 0.29) is 80.4 Å². The molecule has 8 aliphatic carbocycles. The first-order chi connectivity index (χ1) is 29.6. The van der Waals surface area contributed by atoms with Crippen LogP contribution in [0.2, 0.25) is 0 Å². The summed E-state index contributed by atoms with van der Waals surface area (Å²) in [5.41, 5.74) is -0.794. The van der Waals surface area contributed by atoms with Gasteiger partial charge in [0.05, 0.1) is 23.4 Å². The van der Waals surface area contributed by atoms with Gasteiger partial charge in [0.1, 0.15) is 6.10 Å². The minimum atomic E-state index is -2.58. The van der Waals surface area contributed by atoms with Gasteiger partial charge in [-0.25, -0.2) is 0 Å². The van der Waals surface area contributed by atoms with Crippen molar-refractivity contribution < 1.29 is 38.1 Å². The second-order valence-corrected chi connectivity index (χ2v) is 29.7. The monoisotopic (exact) mass is 909 g/mol. The summed E-state index contributed by atoms with van der Waals surface area (Å²) in [6.45, 7) is 27.9. The standard InChI is InChI=1S/C53H85N2O8P/c1-46(2)35(43(57)58)29-36(46)44(59)62-40-17-20-50(8)37(48(40,5)6)16-21-52(10)38(50)14-13-33-41-32(49(7)23-24-49)15-22-53(41,26-25-51(33,52)9)45(60)54-39-30-34(47(39,3)4)42(56)55-27-18-31(19-28-55)63-64(11,12)61/h31-41H,13-30H2,1-12H3,(H,54,60)(H,57,58)/t32-,33-,34-,35+,36-,37+,38-,39-,40+,41-,50+,51-,52-,53+/m1/s1. The lowest BCUT2D eigenvalue weighted by atomic mass is 9.32. The first-order valence-corrected chi connectivity index (χ1v) is 28.4. The number of nitrogens with one attached hydrogen (secondary N) is 1. The number of carboxylic acids is 1. The van der Waals surface area contributed by atoms with E-state index in [0.717, 1.165) is 51.4 Å². The van der Waals surface area contributed by atoms with E-state index in [1.165, 1.54) is 25.7 Å². The molecule has 1 heterocycles. The fourth-order valence-corrected chi connectivity index (χ4v) is 19.1. The van der Waals surface area contributed by atoms with Crippen LogP contribution in [0, 0.1) is 90.7 Å². The van der Waals surface area contributed by atoms with Crippen LogP contribution in [0.15, 0.2) is 0 Å². The summed E-state index contributed by atoms with van der Waals surface area (Å²) in [5, 5.41) is 13.4. The molecule has 8 saturated carbocycles. The van der Waals surface area contributed by atoms with Gasteiger partial charge in [0.15, 0.2) is 7.37 Å². The van der Waals surface area contributed by atoms with Gasteiger partial charge in [-0.15, -0.1) is 0 Å². The molecular weight excluding hydrogens is 824 g/mol. The highest BCUT2D eigenvalue weighted by atomic mass is 31.2. The average Bonchev–Trinajstić information content (AvgIpc) is 3.80. The number of carboxylic acid groups (broad SMARTS) is 1. The molecule has 14 atom stereocenters. The number of esters is 1. The second kappa shape index (κ2) is 15.0. The maximum Gasteiger partial charge on any atom is 0.309 e. The summed E-state index contributed by atoms with van der Waals surface area (Å²) >= 11 is 0. The van der Waals surface area contributed by atoms with Crippen molar-refractivity contribution in [2.75, 3.05) is 26.4 Å². The summed E-state index contributed by atoms with van der Waals surface area (Å²) in [4.78, 5) is 56.9. The smallest absolute Gasteiger partial charge is 0.309 e. The summed E-state index contributed by atoms with van der Waals surface area (Å²) in [7, 11) is -2.58. The Morgan fingerprint density at radius 2 is 1.31 bits per heavy atom. The number of amides is 2. The van der Waals surface area contributed by atoms with Crippen molar-refractivity contribution in [2.24, 2.45) is 90.7 Å². The molecule has 1 aliphatic heterocycles. The van der Waals surface area contributed by atoms with Gasteiger partial charge in [0, 0.05) is 43.8 Å². The van der Waals surface area contributed by atoms with E-state index < -0.39 is 24.7 Å². The molecule has 0 bridgehead atoms. The Morgan fingerprint density at radius 1 is 0.641 bits per heavy atom. The Bertz CT molecular complexity index is 1980. The van der Waals surface area contributed by atoms with Gasteiger partial charge in [-0.05, 0) is 165 Å². The molecule has 9 aliphatic rings. The number of hydrogen-bond acceptors (Lipinski definition) is 7. The van der Waals surface area contributed by atoms with Gasteiger partial charge in [-0.3, -0.25) is 23.7 Å². The second-order valence-electron chi connectivity index (χ2n) is 27.0. The molecule has 360 valence electrons. The van der Waals surface area contributed by atoms with E-state index >= 15 is 4.79 Å². The number of fused-ring (bicyclic) bond motifs is 7. The number of nitrogens with zero attached hydrogens (tertiary/aromatic N) is 1. The molecule has 0 unspecified atom stereocenters. The number of hydrogen-bond donors (Lipinski definition) is 2. The molecule has 0 aromatic carbocycles. The van der Waals surface area contributed by atoms with Gasteiger partial charge < -0.3 is 24.6 Å². The van der Waals surface area contributed by atoms with Gasteiger partial charge in [0.2, 0.25) is 11.8 Å². The van der Waals surface area contributed by atoms with E-state index in [1.54, 1.807) is 13.3 Å². The predicted octanol–water partition coefficient (Wildman–Crippen LogP) is 10.6. The van der Waals surface area contributed by atoms with Crippen LogP contribution < -0.4 is 5.32 Å². The summed E-state index contributed by atoms with van der Waals surface area (Å²) in [5.74, 6) is 0.845. The average molecular weight is 909 g/mol. The lowest BCUT2D eigenvalue weighted by Gasteiger charge is -2.73. The molecule has 0 spiro atoms. The van der Waals surface area contributed by atoms with Crippen LogP contribution in [0.3, 0.4) is 0 Å². The van der Waals surface area contributed by atoms with E-state index in [2.05, 4.69) is 60.7 Å². The third kappa shape index (κ3) is 6.84. The van der Waals surface area contributed by atoms with Crippen LogP contribution >= 0.6 is 7.37 Å². The van der Waals surface area contributed by atoms with Gasteiger partial charge in [-0.2, -0.15) is 0 Å². The van der Waals surface area contributed by atoms with Gasteiger partial charge in [0.25, 0.3) is 0 Å². The zero-order valence-corrected chi connectivity index (χ0v) is 42.7. The van der Waals surface area contributed by atoms with E-state index in [9.17, 15) is 24.1 Å². The minimum absolute atomic E-state index is 0.0251. The molecular formula is C53H85N2O8P. The van der Waals surface area contributed by atoms with Gasteiger partial charge in [-0.1, -0.05) is 69.2 Å². The molecule has 2 amide bonds. The molecule has 9 rings (SSSR count). The fourth-order valence-electron chi connectivity index (χ4n) is 18.1. The molecule has 1 saturated heterocycles. The van der Waals surface area contributed by atoms with Crippen molar-refractivity contribution in [3.05, 3.63) is 0 Å². The zero-order valence-electron chi connectivity index (χ0n) is 41.8. The zero-order chi connectivity index (χ0) is 46.6. The Kier molecular flexibility index (Phi) is 11.1. The quantitative estimate of drug-likeness (QED) is 0.172.